The molecule has 1 rings (SSSR count). The highest BCUT2D eigenvalue weighted by atomic mass is 19.1. The molecule has 0 heterocycles. The minimum absolute atomic E-state index is 0.203. The van der Waals surface area contributed by atoms with Crippen molar-refractivity contribution in [3.8, 4) is 0 Å². The number of hydrogen-bond donors (Lipinski definition) is 0. The summed E-state index contributed by atoms with van der Waals surface area (Å²) in [5, 5.41) is 0. The molecular weight excluding hydrogens is 131 g/mol. The molecule has 0 aromatic carbocycles. The molecule has 10 heavy (non-hydrogen) atoms. The number of ether oxygens (including phenoxy) is 1. The Hall–Kier alpha value is -0.790. The van der Waals surface area contributed by atoms with Crippen molar-refractivity contribution < 1.29 is 9.13 Å². The zero-order valence-electron chi connectivity index (χ0n) is 5.93. The Morgan fingerprint density at radius 2 is 2.50 bits per heavy atom. The van der Waals surface area contributed by atoms with Gasteiger partial charge in [-0.15, -0.1) is 0 Å². The molecule has 2 heteroatoms. The van der Waals surface area contributed by atoms with Gasteiger partial charge in [-0.25, -0.2) is 4.39 Å². The van der Waals surface area contributed by atoms with Gasteiger partial charge in [0, 0.05) is 12.5 Å². The molecule has 0 fully saturated rings. The molecule has 0 N–H and O–H groups in total. The zero-order valence-corrected chi connectivity index (χ0v) is 5.93. The van der Waals surface area contributed by atoms with Gasteiger partial charge in [0.1, 0.15) is 11.6 Å². The van der Waals surface area contributed by atoms with E-state index >= 15 is 0 Å². The summed E-state index contributed by atoms with van der Waals surface area (Å²) in [7, 11) is 0. The lowest BCUT2D eigenvalue weighted by molar-refractivity contribution is 0.233. The largest absolute Gasteiger partial charge is 0.498 e. The van der Waals surface area contributed by atoms with E-state index in [1.165, 1.54) is 12.2 Å². The van der Waals surface area contributed by atoms with Crippen molar-refractivity contribution in [3.63, 3.8) is 0 Å². The van der Waals surface area contributed by atoms with E-state index in [0.717, 1.165) is 0 Å². The molecule has 0 unspecified atom stereocenters. The average molecular weight is 141 g/mol. The first-order chi connectivity index (χ1) is 4.83. The van der Waals surface area contributed by atoms with E-state index in [4.69, 9.17) is 4.74 Å². The van der Waals surface area contributed by atoms with Gasteiger partial charge in [-0.05, 0) is 19.4 Å². The number of allylic oxidation sites excluding steroid dienone is 4. The Bertz CT molecular complexity index is 170. The Labute approximate surface area is 60.2 Å². The van der Waals surface area contributed by atoms with Crippen LogP contribution in [0, 0.1) is 6.42 Å². The predicted octanol–water partition coefficient (Wildman–Crippen LogP) is 2.37. The van der Waals surface area contributed by atoms with Crippen LogP contribution in [-0.2, 0) is 4.74 Å². The van der Waals surface area contributed by atoms with Crippen LogP contribution >= 0.6 is 0 Å². The highest BCUT2D eigenvalue weighted by molar-refractivity contribution is 5.25. The van der Waals surface area contributed by atoms with Crippen LogP contribution in [0.5, 0.6) is 0 Å². The van der Waals surface area contributed by atoms with E-state index in [0.29, 0.717) is 18.8 Å². The van der Waals surface area contributed by atoms with Crippen LogP contribution in [0.2, 0.25) is 0 Å². The second-order valence-corrected chi connectivity index (χ2v) is 2.01. The summed E-state index contributed by atoms with van der Waals surface area (Å²) >= 11 is 0. The maximum absolute atomic E-state index is 12.4. The molecule has 1 nitrogen and oxygen atoms in total. The first kappa shape index (κ1) is 7.32. The highest BCUT2D eigenvalue weighted by Crippen LogP contribution is 2.17. The molecule has 0 aliphatic heterocycles. The lowest BCUT2D eigenvalue weighted by atomic mass is 10.1. The van der Waals surface area contributed by atoms with E-state index < -0.39 is 0 Å². The van der Waals surface area contributed by atoms with E-state index in [-0.39, 0.29) is 5.83 Å². The van der Waals surface area contributed by atoms with Crippen molar-refractivity contribution in [3.05, 3.63) is 30.2 Å². The Kier molecular flexibility index (Phi) is 2.49. The summed E-state index contributed by atoms with van der Waals surface area (Å²) in [5.74, 6) is 0.438. The van der Waals surface area contributed by atoms with E-state index in [2.05, 4.69) is 0 Å². The summed E-state index contributed by atoms with van der Waals surface area (Å²) in [6.45, 7) is 2.47. The van der Waals surface area contributed by atoms with Gasteiger partial charge in [0.2, 0.25) is 0 Å². The SMILES string of the molecule is CCOC1=CC(F)=CC[CH]1. The van der Waals surface area contributed by atoms with Crippen LogP contribution in [0.4, 0.5) is 4.39 Å². The maximum atomic E-state index is 12.4. The second kappa shape index (κ2) is 3.40. The predicted molar refractivity (Wildman–Crippen MR) is 37.8 cm³/mol. The van der Waals surface area contributed by atoms with E-state index in [1.807, 2.05) is 13.3 Å². The summed E-state index contributed by atoms with van der Waals surface area (Å²) in [6, 6.07) is 0. The van der Waals surface area contributed by atoms with Gasteiger partial charge in [0.25, 0.3) is 0 Å². The fourth-order valence-corrected chi connectivity index (χ4v) is 0.809. The molecule has 0 aromatic rings. The van der Waals surface area contributed by atoms with Crippen LogP contribution < -0.4 is 0 Å². The minimum atomic E-state index is -0.203. The van der Waals surface area contributed by atoms with Gasteiger partial charge in [-0.1, -0.05) is 0 Å². The van der Waals surface area contributed by atoms with Crippen LogP contribution in [0.1, 0.15) is 13.3 Å². The molecule has 0 saturated heterocycles. The normalized spacial score (nSPS) is 17.8. The van der Waals surface area contributed by atoms with Gasteiger partial charge >= 0.3 is 0 Å². The topological polar surface area (TPSA) is 9.23 Å². The third-order valence-electron chi connectivity index (χ3n) is 1.22. The molecule has 0 amide bonds. The van der Waals surface area contributed by atoms with Crippen molar-refractivity contribution >= 4 is 0 Å². The minimum Gasteiger partial charge on any atom is -0.498 e. The lowest BCUT2D eigenvalue weighted by Crippen LogP contribution is -1.95. The van der Waals surface area contributed by atoms with Crippen LogP contribution in [0.3, 0.4) is 0 Å². The third kappa shape index (κ3) is 1.87. The quantitative estimate of drug-likeness (QED) is 0.573. The van der Waals surface area contributed by atoms with Gasteiger partial charge in [-0.3, -0.25) is 0 Å². The number of rotatable bonds is 2. The van der Waals surface area contributed by atoms with Crippen molar-refractivity contribution in [1.29, 1.82) is 0 Å². The molecule has 0 spiro atoms. The van der Waals surface area contributed by atoms with Gasteiger partial charge in [-0.2, -0.15) is 0 Å². The van der Waals surface area contributed by atoms with Gasteiger partial charge < -0.3 is 4.74 Å². The molecular formula is C8H10FO. The molecule has 1 aliphatic carbocycles. The van der Waals surface area contributed by atoms with Crippen molar-refractivity contribution in [2.24, 2.45) is 0 Å². The summed E-state index contributed by atoms with van der Waals surface area (Å²) < 4.78 is 17.5. The Morgan fingerprint density at radius 3 is 3.10 bits per heavy atom. The zero-order chi connectivity index (χ0) is 7.40. The molecule has 55 valence electrons. The highest BCUT2D eigenvalue weighted by Gasteiger charge is 2.04. The van der Waals surface area contributed by atoms with Crippen LogP contribution in [-0.4, -0.2) is 6.61 Å². The molecule has 1 radical (unpaired) electrons. The fraction of sp³-hybridized carbons (Fsp3) is 0.375. The van der Waals surface area contributed by atoms with E-state index in [1.54, 1.807) is 0 Å². The van der Waals surface area contributed by atoms with Crippen LogP contribution in [0.25, 0.3) is 0 Å². The maximum Gasteiger partial charge on any atom is 0.122 e. The summed E-state index contributed by atoms with van der Waals surface area (Å²) in [5.41, 5.74) is 0. The lowest BCUT2D eigenvalue weighted by Gasteiger charge is -2.09. The molecule has 0 aromatic heterocycles. The molecule has 0 saturated carbocycles. The van der Waals surface area contributed by atoms with Crippen molar-refractivity contribution in [2.45, 2.75) is 13.3 Å². The Morgan fingerprint density at radius 1 is 1.70 bits per heavy atom. The van der Waals surface area contributed by atoms with E-state index in [9.17, 15) is 4.39 Å². The number of hydrogen-bond acceptors (Lipinski definition) is 1. The van der Waals surface area contributed by atoms with Crippen LogP contribution in [0.15, 0.2) is 23.7 Å². The smallest absolute Gasteiger partial charge is 0.122 e. The van der Waals surface area contributed by atoms with Crippen molar-refractivity contribution in [2.75, 3.05) is 6.61 Å². The summed E-state index contributed by atoms with van der Waals surface area (Å²) in [4.78, 5) is 0. The fourth-order valence-electron chi connectivity index (χ4n) is 0.809. The first-order valence-corrected chi connectivity index (χ1v) is 3.36. The third-order valence-corrected chi connectivity index (χ3v) is 1.22. The molecule has 0 atom stereocenters. The first-order valence-electron chi connectivity index (χ1n) is 3.36. The van der Waals surface area contributed by atoms with Gasteiger partial charge in [0.05, 0.1) is 6.61 Å². The molecule has 1 aliphatic rings. The van der Waals surface area contributed by atoms with Crippen molar-refractivity contribution in [1.82, 2.24) is 0 Å². The standard InChI is InChI=1S/C8H10FO/c1-2-10-8-5-3-4-7(9)6-8/h4-6H,2-3H2,1H3. The van der Waals surface area contributed by atoms with Gasteiger partial charge in [0.15, 0.2) is 0 Å². The average Bonchev–Trinajstić information content (AvgIpc) is 1.88. The number of halogens is 1. The molecule has 0 bridgehead atoms. The summed E-state index contributed by atoms with van der Waals surface area (Å²) in [6.07, 6.45) is 5.40. The Balaban J connectivity index is 2.51. The second-order valence-electron chi connectivity index (χ2n) is 2.01. The monoisotopic (exact) mass is 141 g/mol.